The molecule has 0 aliphatic carbocycles. The first-order chi connectivity index (χ1) is 20.8. The maximum atomic E-state index is 14.1. The molecule has 0 saturated carbocycles. The second kappa shape index (κ2) is 15.0. The quantitative estimate of drug-likeness (QED) is 0.336. The summed E-state index contributed by atoms with van der Waals surface area (Å²) >= 11 is 0. The molecule has 11 heteroatoms. The van der Waals surface area contributed by atoms with Gasteiger partial charge in [0, 0.05) is 31.3 Å². The number of carbonyl (C=O) groups is 1. The number of hydrogen-bond acceptors (Lipinski definition) is 9. The number of rotatable bonds is 8. The van der Waals surface area contributed by atoms with Gasteiger partial charge in [-0.2, -0.15) is 4.31 Å². The van der Waals surface area contributed by atoms with Gasteiger partial charge >= 0.3 is 5.97 Å². The van der Waals surface area contributed by atoms with Crippen LogP contribution in [0, 0.1) is 11.8 Å². The Bertz CT molecular complexity index is 1310. The molecule has 0 spiro atoms. The molecule has 10 nitrogen and oxygen atoms in total. The lowest BCUT2D eigenvalue weighted by Gasteiger charge is -2.30. The normalized spacial score (nSPS) is 26.2. The first kappa shape index (κ1) is 31.9. The van der Waals surface area contributed by atoms with Crippen LogP contribution in [0.5, 0.6) is 0 Å². The van der Waals surface area contributed by atoms with E-state index < -0.39 is 28.0 Å². The van der Waals surface area contributed by atoms with E-state index in [0.717, 1.165) is 37.7 Å². The summed E-state index contributed by atoms with van der Waals surface area (Å²) in [6.45, 7) is 1.65. The number of aliphatic hydroxyl groups is 1. The van der Waals surface area contributed by atoms with Crippen molar-refractivity contribution >= 4 is 21.7 Å². The first-order valence-corrected chi connectivity index (χ1v) is 16.9. The Labute approximate surface area is 254 Å². The van der Waals surface area contributed by atoms with Crippen LogP contribution in [0.1, 0.15) is 56.1 Å². The van der Waals surface area contributed by atoms with Crippen LogP contribution >= 0.6 is 0 Å². The zero-order valence-electron chi connectivity index (χ0n) is 24.6. The number of esters is 1. The minimum Gasteiger partial charge on any atom is -0.459 e. The molecule has 2 aromatic rings. The number of nitrogens with two attached hydrogens (primary N) is 1. The van der Waals surface area contributed by atoms with Gasteiger partial charge in [-0.05, 0) is 55.0 Å². The van der Waals surface area contributed by atoms with E-state index in [0.29, 0.717) is 37.3 Å². The van der Waals surface area contributed by atoms with Crippen LogP contribution in [0.25, 0.3) is 0 Å². The molecule has 0 bridgehead atoms. The summed E-state index contributed by atoms with van der Waals surface area (Å²) in [6.07, 6.45) is 3.67. The summed E-state index contributed by atoms with van der Waals surface area (Å²) in [6, 6.07) is 14.3. The zero-order valence-corrected chi connectivity index (χ0v) is 25.5. The largest absolute Gasteiger partial charge is 0.459 e. The number of anilines is 1. The van der Waals surface area contributed by atoms with Crippen molar-refractivity contribution in [2.24, 2.45) is 11.8 Å². The van der Waals surface area contributed by atoms with Crippen LogP contribution in [0.15, 0.2) is 53.4 Å². The van der Waals surface area contributed by atoms with E-state index in [2.05, 4.69) is 0 Å². The van der Waals surface area contributed by atoms with E-state index >= 15 is 0 Å². The maximum Gasteiger partial charge on any atom is 0.306 e. The van der Waals surface area contributed by atoms with Crippen molar-refractivity contribution < 1.29 is 37.3 Å². The lowest BCUT2D eigenvalue weighted by atomic mass is 9.90. The lowest BCUT2D eigenvalue weighted by Crippen LogP contribution is -2.42. The molecule has 2 fully saturated rings. The van der Waals surface area contributed by atoms with E-state index in [1.807, 2.05) is 30.3 Å². The van der Waals surface area contributed by atoms with Gasteiger partial charge in [-0.1, -0.05) is 49.6 Å². The third-order valence-corrected chi connectivity index (χ3v) is 10.6. The number of aliphatic hydroxyl groups excluding tert-OH is 1. The van der Waals surface area contributed by atoms with Crippen LogP contribution in [0.2, 0.25) is 0 Å². The highest BCUT2D eigenvalue weighted by molar-refractivity contribution is 7.89. The predicted molar refractivity (Wildman–Crippen MR) is 160 cm³/mol. The summed E-state index contributed by atoms with van der Waals surface area (Å²) in [7, 11) is -4.01. The van der Waals surface area contributed by atoms with Crippen molar-refractivity contribution in [2.75, 3.05) is 38.6 Å². The van der Waals surface area contributed by atoms with Crippen LogP contribution in [0.3, 0.4) is 0 Å². The third-order valence-electron chi connectivity index (χ3n) is 8.63. The van der Waals surface area contributed by atoms with E-state index in [4.69, 9.17) is 24.7 Å². The smallest absolute Gasteiger partial charge is 0.306 e. The molecule has 3 aliphatic heterocycles. The molecule has 43 heavy (non-hydrogen) atoms. The molecule has 5 rings (SSSR count). The van der Waals surface area contributed by atoms with Gasteiger partial charge in [-0.25, -0.2) is 8.42 Å². The molecule has 0 unspecified atom stereocenters. The van der Waals surface area contributed by atoms with E-state index in [-0.39, 0.29) is 55.9 Å². The average Bonchev–Trinajstić information content (AvgIpc) is 3.60. The topological polar surface area (TPSA) is 138 Å². The summed E-state index contributed by atoms with van der Waals surface area (Å²) in [5.41, 5.74) is 7.91. The van der Waals surface area contributed by atoms with Crippen LogP contribution in [0.4, 0.5) is 5.69 Å². The predicted octanol–water partition coefficient (Wildman–Crippen LogP) is 3.65. The number of hydrogen-bond donors (Lipinski definition) is 2. The number of fused-ring (bicyclic) bond motifs is 2. The van der Waals surface area contributed by atoms with Crippen LogP contribution in [-0.4, -0.2) is 75.2 Å². The summed E-state index contributed by atoms with van der Waals surface area (Å²) < 4.78 is 52.4. The van der Waals surface area contributed by atoms with Crippen molar-refractivity contribution in [2.45, 2.75) is 81.4 Å². The third kappa shape index (κ3) is 8.34. The number of ether oxygens (including phenoxy) is 4. The van der Waals surface area contributed by atoms with E-state index in [1.165, 1.54) is 10.4 Å². The highest BCUT2D eigenvalue weighted by atomic mass is 32.2. The van der Waals surface area contributed by atoms with Crippen molar-refractivity contribution in [3.05, 3.63) is 59.7 Å². The number of benzene rings is 2. The highest BCUT2D eigenvalue weighted by Crippen LogP contribution is 2.34. The molecule has 3 N–H and O–H groups in total. The Hall–Kier alpha value is -2.54. The number of β-amino-alcohol motifs (C(OH)–C–C–N with tert-alkyl or cyclic N) is 1. The Kier molecular flexibility index (Phi) is 11.1. The van der Waals surface area contributed by atoms with Gasteiger partial charge in [0.1, 0.15) is 6.10 Å². The second-order valence-electron chi connectivity index (χ2n) is 11.8. The van der Waals surface area contributed by atoms with E-state index in [1.54, 1.807) is 12.1 Å². The van der Waals surface area contributed by atoms with Gasteiger partial charge in [0.2, 0.25) is 10.0 Å². The van der Waals surface area contributed by atoms with Gasteiger partial charge in [0.05, 0.1) is 43.2 Å². The molecule has 0 radical (unpaired) electrons. The van der Waals surface area contributed by atoms with Gasteiger partial charge in [-0.3, -0.25) is 4.79 Å². The molecule has 3 aliphatic rings. The standard InChI is InChI=1S/C32H44N2O8S/c33-26-11-12-30-25(18-26)21-39-15-8-3-1-2-7-14-34(43(30,37)38)20-28(35)24(17-23-9-5-4-6-10-23)19-31(36)42-29-22-41-32-27(29)13-16-40-32/h4-6,9-12,18,24,27-29,32,35H,1-3,7-8,13-17,19-22,33H2/t24-,27+,28-,29+,32-/m1/s1. The second-order valence-corrected chi connectivity index (χ2v) is 13.7. The monoisotopic (exact) mass is 616 g/mol. The Morgan fingerprint density at radius 2 is 1.84 bits per heavy atom. The number of nitrogen functional groups attached to an aromatic ring is 1. The van der Waals surface area contributed by atoms with Crippen molar-refractivity contribution in [1.82, 2.24) is 4.31 Å². The number of nitrogens with zero attached hydrogens (tertiary/aromatic N) is 1. The molecular formula is C32H44N2O8S. The molecule has 0 amide bonds. The Morgan fingerprint density at radius 1 is 1.05 bits per heavy atom. The van der Waals surface area contributed by atoms with E-state index in [9.17, 15) is 18.3 Å². The SMILES string of the molecule is Nc1ccc2c(c1)COCCCCCCCN(C[C@@H](O)[C@@H](CC(=O)O[C@H]1CO[C@H]3OCC[C@H]31)Cc1ccccc1)S2(=O)=O. The van der Waals surface area contributed by atoms with Crippen molar-refractivity contribution in [1.29, 1.82) is 0 Å². The molecule has 3 heterocycles. The minimum absolute atomic E-state index is 0.0104. The zero-order chi connectivity index (χ0) is 30.2. The average molecular weight is 617 g/mol. The fraction of sp³-hybridized carbons (Fsp3) is 0.594. The fourth-order valence-corrected chi connectivity index (χ4v) is 7.90. The fourth-order valence-electron chi connectivity index (χ4n) is 6.21. The molecule has 5 atom stereocenters. The minimum atomic E-state index is -4.01. The lowest BCUT2D eigenvalue weighted by molar-refractivity contribution is -0.153. The molecule has 236 valence electrons. The summed E-state index contributed by atoms with van der Waals surface area (Å²) in [5, 5.41) is 11.6. The molecule has 0 aromatic heterocycles. The van der Waals surface area contributed by atoms with Gasteiger partial charge in [-0.15, -0.1) is 0 Å². The van der Waals surface area contributed by atoms with Gasteiger partial charge in [0.25, 0.3) is 0 Å². The highest BCUT2D eigenvalue weighted by Gasteiger charge is 2.44. The van der Waals surface area contributed by atoms with Crippen LogP contribution in [-0.2, 0) is 46.8 Å². The number of sulfonamides is 1. The summed E-state index contributed by atoms with van der Waals surface area (Å²) in [5.74, 6) is -0.995. The summed E-state index contributed by atoms with van der Waals surface area (Å²) in [4.78, 5) is 13.3. The number of carbonyl (C=O) groups excluding carboxylic acids is 1. The van der Waals surface area contributed by atoms with Crippen LogP contribution < -0.4 is 5.73 Å². The van der Waals surface area contributed by atoms with Crippen molar-refractivity contribution in [3.8, 4) is 0 Å². The Morgan fingerprint density at radius 3 is 2.67 bits per heavy atom. The van der Waals surface area contributed by atoms with Gasteiger partial charge < -0.3 is 29.8 Å². The molecule has 2 aromatic carbocycles. The molecule has 2 saturated heterocycles. The molecular weight excluding hydrogens is 572 g/mol. The first-order valence-electron chi connectivity index (χ1n) is 15.4. The van der Waals surface area contributed by atoms with Gasteiger partial charge in [0.15, 0.2) is 6.29 Å². The Balaban J connectivity index is 1.36. The maximum absolute atomic E-state index is 14.1. The van der Waals surface area contributed by atoms with Crippen molar-refractivity contribution in [3.63, 3.8) is 0 Å².